The number of fused-ring (bicyclic) bond motifs is 1. The van der Waals surface area contributed by atoms with Crippen molar-refractivity contribution < 1.29 is 9.90 Å². The molecule has 2 aromatic heterocycles. The number of carboxylic acids is 1. The molecule has 6 heteroatoms. The fraction of sp³-hybridized carbons (Fsp3) is 0.143. The van der Waals surface area contributed by atoms with Crippen molar-refractivity contribution in [1.82, 2.24) is 19.9 Å². The minimum Gasteiger partial charge on any atom is -0.481 e. The van der Waals surface area contributed by atoms with E-state index in [0.29, 0.717) is 16.9 Å². The van der Waals surface area contributed by atoms with Crippen LogP contribution in [0.1, 0.15) is 5.69 Å². The standard InChI is InChI=1S/C7H6N4O2/c12-5(13)1-4-6-7(10-2-8-4)11-3-9-6/h2-3H,1H2,(H,12,13)(H,8,9,10,11). The van der Waals surface area contributed by atoms with E-state index in [4.69, 9.17) is 5.11 Å². The highest BCUT2D eigenvalue weighted by Gasteiger charge is 2.08. The number of carboxylic acid groups (broad SMARTS) is 1. The molecule has 0 unspecified atom stereocenters. The van der Waals surface area contributed by atoms with Gasteiger partial charge in [0.15, 0.2) is 5.65 Å². The molecule has 2 heterocycles. The third-order valence-electron chi connectivity index (χ3n) is 1.62. The van der Waals surface area contributed by atoms with Gasteiger partial charge in [-0.3, -0.25) is 4.79 Å². The van der Waals surface area contributed by atoms with Crippen LogP contribution in [0.2, 0.25) is 0 Å². The molecule has 66 valence electrons. The van der Waals surface area contributed by atoms with E-state index in [9.17, 15) is 4.79 Å². The predicted octanol–water partition coefficient (Wildman–Crippen LogP) is -0.0200. The maximum absolute atomic E-state index is 10.4. The number of imidazole rings is 1. The summed E-state index contributed by atoms with van der Waals surface area (Å²) in [5.74, 6) is -0.922. The Kier molecular flexibility index (Phi) is 1.66. The average molecular weight is 178 g/mol. The molecule has 13 heavy (non-hydrogen) atoms. The number of nitrogens with one attached hydrogen (secondary N) is 1. The highest BCUT2D eigenvalue weighted by molar-refractivity contribution is 5.78. The van der Waals surface area contributed by atoms with Gasteiger partial charge < -0.3 is 10.1 Å². The fourth-order valence-electron chi connectivity index (χ4n) is 1.09. The van der Waals surface area contributed by atoms with Crippen LogP contribution in [0.5, 0.6) is 0 Å². The summed E-state index contributed by atoms with van der Waals surface area (Å²) in [4.78, 5) is 24.8. The van der Waals surface area contributed by atoms with Gasteiger partial charge in [0.25, 0.3) is 0 Å². The summed E-state index contributed by atoms with van der Waals surface area (Å²) in [6, 6.07) is 0. The molecule has 0 aliphatic heterocycles. The Labute approximate surface area is 72.7 Å². The highest BCUT2D eigenvalue weighted by Crippen LogP contribution is 2.09. The Morgan fingerprint density at radius 3 is 3.08 bits per heavy atom. The molecule has 0 aromatic carbocycles. The zero-order valence-electron chi connectivity index (χ0n) is 6.56. The molecule has 0 radical (unpaired) electrons. The first-order chi connectivity index (χ1) is 6.27. The third kappa shape index (κ3) is 1.33. The van der Waals surface area contributed by atoms with Crippen molar-refractivity contribution in [2.75, 3.05) is 0 Å². The molecule has 0 fully saturated rings. The molecule has 0 aliphatic carbocycles. The maximum atomic E-state index is 10.4. The average Bonchev–Trinajstić information content (AvgIpc) is 2.51. The Morgan fingerprint density at radius 2 is 2.31 bits per heavy atom. The largest absolute Gasteiger partial charge is 0.481 e. The number of H-pyrrole nitrogens is 1. The van der Waals surface area contributed by atoms with E-state index in [-0.39, 0.29) is 6.42 Å². The van der Waals surface area contributed by atoms with Gasteiger partial charge in [-0.1, -0.05) is 0 Å². The van der Waals surface area contributed by atoms with E-state index in [1.807, 2.05) is 0 Å². The number of carbonyl (C=O) groups is 1. The second-order valence-electron chi connectivity index (χ2n) is 2.49. The normalized spacial score (nSPS) is 10.5. The summed E-state index contributed by atoms with van der Waals surface area (Å²) in [5, 5.41) is 8.57. The number of aromatic nitrogens is 4. The lowest BCUT2D eigenvalue weighted by atomic mass is 10.3. The molecule has 0 atom stereocenters. The van der Waals surface area contributed by atoms with Crippen molar-refractivity contribution in [3.05, 3.63) is 18.3 Å². The lowest BCUT2D eigenvalue weighted by molar-refractivity contribution is -0.136. The molecule has 0 spiro atoms. The minimum atomic E-state index is -0.922. The van der Waals surface area contributed by atoms with Crippen LogP contribution in [0, 0.1) is 0 Å². The van der Waals surface area contributed by atoms with Gasteiger partial charge in [0, 0.05) is 0 Å². The zero-order chi connectivity index (χ0) is 9.26. The first kappa shape index (κ1) is 7.66. The van der Waals surface area contributed by atoms with E-state index in [1.165, 1.54) is 12.7 Å². The van der Waals surface area contributed by atoms with Crippen LogP contribution < -0.4 is 0 Å². The van der Waals surface area contributed by atoms with Gasteiger partial charge >= 0.3 is 5.97 Å². The zero-order valence-corrected chi connectivity index (χ0v) is 6.56. The first-order valence-corrected chi connectivity index (χ1v) is 3.62. The second kappa shape index (κ2) is 2.81. The van der Waals surface area contributed by atoms with Crippen LogP contribution in [0.25, 0.3) is 11.2 Å². The number of aliphatic carboxylic acids is 1. The quantitative estimate of drug-likeness (QED) is 0.674. The Hall–Kier alpha value is -1.98. The molecular formula is C7H6N4O2. The molecule has 2 N–H and O–H groups in total. The number of hydrogen-bond acceptors (Lipinski definition) is 4. The predicted molar refractivity (Wildman–Crippen MR) is 43.0 cm³/mol. The Bertz CT molecular complexity index is 450. The van der Waals surface area contributed by atoms with Gasteiger partial charge in [0.2, 0.25) is 0 Å². The van der Waals surface area contributed by atoms with Crippen molar-refractivity contribution in [2.45, 2.75) is 6.42 Å². The SMILES string of the molecule is O=C(O)Cc1ncnc2nc[nH]c12. The Balaban J connectivity index is 2.54. The number of rotatable bonds is 2. The molecule has 0 bridgehead atoms. The van der Waals surface area contributed by atoms with Gasteiger partial charge in [-0.25, -0.2) is 15.0 Å². The smallest absolute Gasteiger partial charge is 0.309 e. The van der Waals surface area contributed by atoms with Crippen LogP contribution in [0.4, 0.5) is 0 Å². The summed E-state index contributed by atoms with van der Waals surface area (Å²) in [5.41, 5.74) is 1.53. The van der Waals surface area contributed by atoms with Crippen molar-refractivity contribution in [2.24, 2.45) is 0 Å². The van der Waals surface area contributed by atoms with Crippen molar-refractivity contribution in [3.8, 4) is 0 Å². The first-order valence-electron chi connectivity index (χ1n) is 3.62. The van der Waals surface area contributed by atoms with Crippen LogP contribution in [0.3, 0.4) is 0 Å². The Morgan fingerprint density at radius 1 is 1.46 bits per heavy atom. The summed E-state index contributed by atoms with van der Waals surface area (Å²) < 4.78 is 0. The van der Waals surface area contributed by atoms with E-state index < -0.39 is 5.97 Å². The topological polar surface area (TPSA) is 91.8 Å². The third-order valence-corrected chi connectivity index (χ3v) is 1.62. The van der Waals surface area contributed by atoms with Crippen LogP contribution in [0.15, 0.2) is 12.7 Å². The molecule has 6 nitrogen and oxygen atoms in total. The summed E-state index contributed by atoms with van der Waals surface area (Å²) in [6.07, 6.45) is 2.65. The highest BCUT2D eigenvalue weighted by atomic mass is 16.4. The van der Waals surface area contributed by atoms with E-state index in [0.717, 1.165) is 0 Å². The van der Waals surface area contributed by atoms with E-state index in [2.05, 4.69) is 19.9 Å². The lowest BCUT2D eigenvalue weighted by Gasteiger charge is -1.95. The molecule has 2 aromatic rings. The summed E-state index contributed by atoms with van der Waals surface area (Å²) in [7, 11) is 0. The molecule has 0 saturated carbocycles. The number of hydrogen-bond donors (Lipinski definition) is 2. The molecule has 2 rings (SSSR count). The number of nitrogens with zero attached hydrogens (tertiary/aromatic N) is 3. The molecule has 0 saturated heterocycles. The summed E-state index contributed by atoms with van der Waals surface area (Å²) >= 11 is 0. The van der Waals surface area contributed by atoms with Gasteiger partial charge in [-0.2, -0.15) is 0 Å². The monoisotopic (exact) mass is 178 g/mol. The van der Waals surface area contributed by atoms with Crippen molar-refractivity contribution in [3.63, 3.8) is 0 Å². The summed E-state index contributed by atoms with van der Waals surface area (Å²) in [6.45, 7) is 0. The van der Waals surface area contributed by atoms with E-state index in [1.54, 1.807) is 0 Å². The lowest BCUT2D eigenvalue weighted by Crippen LogP contribution is -2.03. The molecule has 0 amide bonds. The molecule has 0 aliphatic rings. The van der Waals surface area contributed by atoms with E-state index >= 15 is 0 Å². The van der Waals surface area contributed by atoms with Crippen molar-refractivity contribution in [1.29, 1.82) is 0 Å². The fourth-order valence-corrected chi connectivity index (χ4v) is 1.09. The van der Waals surface area contributed by atoms with Crippen LogP contribution >= 0.6 is 0 Å². The van der Waals surface area contributed by atoms with Gasteiger partial charge in [0.05, 0.1) is 18.4 Å². The van der Waals surface area contributed by atoms with Crippen molar-refractivity contribution >= 4 is 17.1 Å². The second-order valence-corrected chi connectivity index (χ2v) is 2.49. The van der Waals surface area contributed by atoms with Gasteiger partial charge in [0.1, 0.15) is 11.8 Å². The van der Waals surface area contributed by atoms with Crippen LogP contribution in [-0.4, -0.2) is 31.0 Å². The molecular weight excluding hydrogens is 172 g/mol. The van der Waals surface area contributed by atoms with Crippen LogP contribution in [-0.2, 0) is 11.2 Å². The van der Waals surface area contributed by atoms with Gasteiger partial charge in [-0.15, -0.1) is 0 Å². The maximum Gasteiger partial charge on any atom is 0.309 e. The number of aromatic amines is 1. The minimum absolute atomic E-state index is 0.124. The van der Waals surface area contributed by atoms with Gasteiger partial charge in [-0.05, 0) is 0 Å².